The molecule has 1 amide bonds. The molecule has 0 aliphatic carbocycles. The average Bonchev–Trinajstić information content (AvgIpc) is 2.85. The van der Waals surface area contributed by atoms with Gasteiger partial charge in [0.05, 0.1) is 12.1 Å². The summed E-state index contributed by atoms with van der Waals surface area (Å²) in [5, 5.41) is 2.01. The van der Waals surface area contributed by atoms with Gasteiger partial charge in [-0.3, -0.25) is 4.79 Å². The van der Waals surface area contributed by atoms with E-state index in [1.807, 2.05) is 24.6 Å². The highest BCUT2D eigenvalue weighted by molar-refractivity contribution is 9.11. The van der Waals surface area contributed by atoms with Gasteiger partial charge in [-0.15, -0.1) is 11.3 Å². The van der Waals surface area contributed by atoms with E-state index >= 15 is 0 Å². The molecule has 86 valence electrons. The number of fused-ring (bicyclic) bond motifs is 1. The maximum Gasteiger partial charge on any atom is 0.231 e. The fourth-order valence-corrected chi connectivity index (χ4v) is 3.03. The first-order valence-electron chi connectivity index (χ1n) is 5.16. The molecule has 0 saturated carbocycles. The fraction of sp³-hybridized carbons (Fsp3) is 0.167. The Morgan fingerprint density at radius 3 is 3.00 bits per heavy atom. The number of likely N-dealkylation sites (N-methyl/N-ethyl adjacent to an activating group) is 1. The number of rotatable bonds is 1. The molecule has 5 heteroatoms. The molecule has 1 aromatic heterocycles. The Morgan fingerprint density at radius 2 is 2.29 bits per heavy atom. The molecule has 1 aliphatic heterocycles. The van der Waals surface area contributed by atoms with Crippen molar-refractivity contribution in [2.75, 3.05) is 11.9 Å². The number of carbonyl (C=O) groups excluding carboxylic acids is 1. The van der Waals surface area contributed by atoms with E-state index in [0.717, 1.165) is 26.4 Å². The van der Waals surface area contributed by atoms with Crippen LogP contribution in [0.3, 0.4) is 0 Å². The van der Waals surface area contributed by atoms with Gasteiger partial charge >= 0.3 is 0 Å². The van der Waals surface area contributed by atoms with E-state index in [1.54, 1.807) is 16.2 Å². The van der Waals surface area contributed by atoms with Crippen molar-refractivity contribution in [1.82, 2.24) is 4.98 Å². The minimum Gasteiger partial charge on any atom is -0.315 e. The molecule has 17 heavy (non-hydrogen) atoms. The standard InChI is InChI=1S/C12H9BrN2OS/c1-15-10-3-2-7(4-8(10)5-11(15)16)9-6-17-12(13)14-9/h2-4,6H,5H2,1H3. The van der Waals surface area contributed by atoms with E-state index in [1.165, 1.54) is 0 Å². The molecule has 0 radical (unpaired) electrons. The van der Waals surface area contributed by atoms with Crippen molar-refractivity contribution in [1.29, 1.82) is 0 Å². The lowest BCUT2D eigenvalue weighted by atomic mass is 10.1. The Bertz CT molecular complexity index is 608. The van der Waals surface area contributed by atoms with Crippen LogP contribution in [-0.4, -0.2) is 17.9 Å². The molecule has 1 aromatic carbocycles. The molecular formula is C12H9BrN2OS. The number of benzene rings is 1. The summed E-state index contributed by atoms with van der Waals surface area (Å²) in [5.74, 6) is 0.150. The molecule has 0 atom stereocenters. The second-order valence-corrected chi connectivity index (χ2v) is 6.09. The summed E-state index contributed by atoms with van der Waals surface area (Å²) in [6.45, 7) is 0. The van der Waals surface area contributed by atoms with Gasteiger partial charge in [-0.25, -0.2) is 4.98 Å². The highest BCUT2D eigenvalue weighted by Gasteiger charge is 2.24. The molecule has 0 N–H and O–H groups in total. The van der Waals surface area contributed by atoms with E-state index in [9.17, 15) is 4.79 Å². The van der Waals surface area contributed by atoms with Crippen LogP contribution < -0.4 is 4.90 Å². The summed E-state index contributed by atoms with van der Waals surface area (Å²) in [6, 6.07) is 6.05. The van der Waals surface area contributed by atoms with Crippen molar-refractivity contribution < 1.29 is 4.79 Å². The summed E-state index contributed by atoms with van der Waals surface area (Å²) in [5.41, 5.74) is 4.10. The molecule has 0 unspecified atom stereocenters. The second kappa shape index (κ2) is 3.92. The normalized spacial score (nSPS) is 14.2. The Balaban J connectivity index is 2.06. The third-order valence-electron chi connectivity index (χ3n) is 2.93. The second-order valence-electron chi connectivity index (χ2n) is 3.96. The molecule has 0 spiro atoms. The van der Waals surface area contributed by atoms with Gasteiger partial charge in [0.1, 0.15) is 0 Å². The monoisotopic (exact) mass is 308 g/mol. The Labute approximate surface area is 111 Å². The number of aromatic nitrogens is 1. The third kappa shape index (κ3) is 1.79. The zero-order valence-electron chi connectivity index (χ0n) is 9.11. The van der Waals surface area contributed by atoms with Crippen LogP contribution >= 0.6 is 27.3 Å². The minimum atomic E-state index is 0.150. The van der Waals surface area contributed by atoms with Crippen molar-refractivity contribution in [3.05, 3.63) is 33.1 Å². The van der Waals surface area contributed by atoms with Crippen LogP contribution in [0.2, 0.25) is 0 Å². The number of thiazole rings is 1. The van der Waals surface area contributed by atoms with Crippen molar-refractivity contribution in [3.63, 3.8) is 0 Å². The molecule has 3 nitrogen and oxygen atoms in total. The van der Waals surface area contributed by atoms with E-state index in [4.69, 9.17) is 0 Å². The van der Waals surface area contributed by atoms with Crippen LogP contribution in [0.4, 0.5) is 5.69 Å². The first kappa shape index (κ1) is 10.9. The van der Waals surface area contributed by atoms with Gasteiger partial charge in [0, 0.05) is 23.7 Å². The first-order valence-corrected chi connectivity index (χ1v) is 6.83. The van der Waals surface area contributed by atoms with Gasteiger partial charge in [0.25, 0.3) is 0 Å². The lowest BCUT2D eigenvalue weighted by Gasteiger charge is -2.09. The number of nitrogens with zero attached hydrogens (tertiary/aromatic N) is 2. The van der Waals surface area contributed by atoms with Crippen molar-refractivity contribution in [3.8, 4) is 11.3 Å². The summed E-state index contributed by atoms with van der Waals surface area (Å²) >= 11 is 4.92. The Kier molecular flexibility index (Phi) is 2.52. The lowest BCUT2D eigenvalue weighted by molar-refractivity contribution is -0.117. The van der Waals surface area contributed by atoms with E-state index in [-0.39, 0.29) is 5.91 Å². The molecule has 0 saturated heterocycles. The van der Waals surface area contributed by atoms with Crippen LogP contribution in [-0.2, 0) is 11.2 Å². The first-order chi connectivity index (χ1) is 8.15. The largest absolute Gasteiger partial charge is 0.315 e. The van der Waals surface area contributed by atoms with Crippen molar-refractivity contribution in [2.24, 2.45) is 0 Å². The predicted octanol–water partition coefficient (Wildman–Crippen LogP) is 3.09. The van der Waals surface area contributed by atoms with Gasteiger partial charge < -0.3 is 4.90 Å². The van der Waals surface area contributed by atoms with Crippen LogP contribution in [0.15, 0.2) is 27.5 Å². The summed E-state index contributed by atoms with van der Waals surface area (Å²) in [4.78, 5) is 17.7. The minimum absolute atomic E-state index is 0.150. The number of hydrogen-bond acceptors (Lipinski definition) is 3. The van der Waals surface area contributed by atoms with Gasteiger partial charge in [-0.1, -0.05) is 6.07 Å². The third-order valence-corrected chi connectivity index (χ3v) is 4.29. The van der Waals surface area contributed by atoms with Gasteiger partial charge in [0.2, 0.25) is 5.91 Å². The van der Waals surface area contributed by atoms with Gasteiger partial charge in [0.15, 0.2) is 3.92 Å². The zero-order valence-corrected chi connectivity index (χ0v) is 11.5. The highest BCUT2D eigenvalue weighted by atomic mass is 79.9. The molecule has 0 bridgehead atoms. The van der Waals surface area contributed by atoms with Crippen LogP contribution in [0.5, 0.6) is 0 Å². The molecular weight excluding hydrogens is 300 g/mol. The number of carbonyl (C=O) groups is 1. The lowest BCUT2D eigenvalue weighted by Crippen LogP contribution is -2.20. The molecule has 0 fully saturated rings. The fourth-order valence-electron chi connectivity index (χ4n) is 2.01. The number of anilines is 1. The Hall–Kier alpha value is -1.20. The van der Waals surface area contributed by atoms with Crippen LogP contribution in [0.1, 0.15) is 5.56 Å². The average molecular weight is 309 g/mol. The summed E-state index contributed by atoms with van der Waals surface area (Å²) in [7, 11) is 1.81. The van der Waals surface area contributed by atoms with Crippen LogP contribution in [0, 0.1) is 0 Å². The van der Waals surface area contributed by atoms with E-state index < -0.39 is 0 Å². The summed E-state index contributed by atoms with van der Waals surface area (Å²) < 4.78 is 0.876. The number of hydrogen-bond donors (Lipinski definition) is 0. The van der Waals surface area contributed by atoms with E-state index in [2.05, 4.69) is 27.0 Å². The number of amides is 1. The predicted molar refractivity (Wildman–Crippen MR) is 72.4 cm³/mol. The highest BCUT2D eigenvalue weighted by Crippen LogP contribution is 2.32. The van der Waals surface area contributed by atoms with Crippen molar-refractivity contribution >= 4 is 38.9 Å². The molecule has 2 heterocycles. The number of halogens is 1. The quantitative estimate of drug-likeness (QED) is 0.811. The van der Waals surface area contributed by atoms with Gasteiger partial charge in [-0.2, -0.15) is 0 Å². The maximum atomic E-state index is 11.6. The van der Waals surface area contributed by atoms with E-state index in [0.29, 0.717) is 6.42 Å². The smallest absolute Gasteiger partial charge is 0.231 e. The SMILES string of the molecule is CN1C(=O)Cc2cc(-c3csc(Br)n3)ccc21. The maximum absolute atomic E-state index is 11.6. The summed E-state index contributed by atoms with van der Waals surface area (Å²) in [6.07, 6.45) is 0.491. The molecule has 3 rings (SSSR count). The molecule has 2 aromatic rings. The zero-order chi connectivity index (χ0) is 12.0. The Morgan fingerprint density at radius 1 is 1.47 bits per heavy atom. The molecule has 1 aliphatic rings. The van der Waals surface area contributed by atoms with Crippen LogP contribution in [0.25, 0.3) is 11.3 Å². The topological polar surface area (TPSA) is 33.2 Å². The van der Waals surface area contributed by atoms with Crippen molar-refractivity contribution in [2.45, 2.75) is 6.42 Å². The van der Waals surface area contributed by atoms with Gasteiger partial charge in [-0.05, 0) is 33.6 Å².